The van der Waals surface area contributed by atoms with E-state index in [0.717, 1.165) is 17.3 Å². The zero-order chi connectivity index (χ0) is 15.7. The fourth-order valence-corrected chi connectivity index (χ4v) is 1.60. The van der Waals surface area contributed by atoms with Gasteiger partial charge in [0, 0.05) is 12.1 Å². The van der Waals surface area contributed by atoms with Crippen molar-refractivity contribution in [2.75, 3.05) is 0 Å². The molecule has 3 nitrogen and oxygen atoms in total. The number of ether oxygens (including phenoxy) is 1. The number of quaternary nitrogens is 1. The lowest BCUT2D eigenvalue weighted by atomic mass is 10.1. The van der Waals surface area contributed by atoms with Crippen LogP contribution >= 0.6 is 11.6 Å². The van der Waals surface area contributed by atoms with E-state index < -0.39 is 5.97 Å². The highest BCUT2D eigenvalue weighted by Crippen LogP contribution is 2.24. The lowest BCUT2D eigenvalue weighted by Crippen LogP contribution is -2.40. The summed E-state index contributed by atoms with van der Waals surface area (Å²) in [5.74, 6) is -0.442. The molecule has 0 aromatic heterocycles. The van der Waals surface area contributed by atoms with Crippen molar-refractivity contribution in [1.29, 1.82) is 0 Å². The van der Waals surface area contributed by atoms with Crippen LogP contribution in [0.2, 0.25) is 5.02 Å². The molecule has 110 valence electrons. The molecule has 0 radical (unpaired) electrons. The largest absolute Gasteiger partial charge is 0.455 e. The van der Waals surface area contributed by atoms with Crippen LogP contribution in [-0.4, -0.2) is 5.97 Å². The fourth-order valence-electron chi connectivity index (χ4n) is 1.48. The number of benzene rings is 2. The molecule has 2 aromatic rings. The highest BCUT2D eigenvalue weighted by molar-refractivity contribution is 6.32. The summed E-state index contributed by atoms with van der Waals surface area (Å²) in [6, 6.07) is 17.8. The van der Waals surface area contributed by atoms with Crippen LogP contribution in [0.1, 0.15) is 18.6 Å². The average molecular weight is 304 g/mol. The number of halogens is 1. The minimum Gasteiger partial charge on any atom is -0.455 e. The molecule has 0 aliphatic carbocycles. The van der Waals surface area contributed by atoms with Crippen LogP contribution in [0, 0.1) is 6.07 Å². The van der Waals surface area contributed by atoms with Gasteiger partial charge in [-0.3, -0.25) is 0 Å². The zero-order valence-electron chi connectivity index (χ0n) is 11.9. The standard InChI is InChI=1S/C11H12ClNO2.C6H5/c1-3-11(14)15-7(2)8-4-5-9(12)10(13)6-8;1-2-4-6-5-3-1/h3-7H,1,13H2,2H3;1-5H/q;-1/p+1. The minimum atomic E-state index is -0.442. The van der Waals surface area contributed by atoms with Gasteiger partial charge >= 0.3 is 5.97 Å². The first kappa shape index (κ1) is 17.0. The maximum absolute atomic E-state index is 11.0. The predicted molar refractivity (Wildman–Crippen MR) is 84.0 cm³/mol. The normalized spacial score (nSPS) is 10.8. The van der Waals surface area contributed by atoms with E-state index in [1.165, 1.54) is 0 Å². The Balaban J connectivity index is 0.000000304. The van der Waals surface area contributed by atoms with Gasteiger partial charge in [-0.15, -0.1) is 0 Å². The highest BCUT2D eigenvalue weighted by Gasteiger charge is 2.11. The molecular weight excluding hydrogens is 286 g/mol. The summed E-state index contributed by atoms with van der Waals surface area (Å²) in [5.41, 5.74) is 5.35. The van der Waals surface area contributed by atoms with Gasteiger partial charge in [0.1, 0.15) is 16.8 Å². The van der Waals surface area contributed by atoms with E-state index in [2.05, 4.69) is 18.4 Å². The molecule has 2 rings (SSSR count). The summed E-state index contributed by atoms with van der Waals surface area (Å²) in [6.07, 6.45) is 0.811. The first-order valence-corrected chi connectivity index (χ1v) is 6.78. The summed E-state index contributed by atoms with van der Waals surface area (Å²) in [6.45, 7) is 5.11. The molecule has 1 unspecified atom stereocenters. The molecule has 2 aromatic carbocycles. The molecule has 21 heavy (non-hydrogen) atoms. The first-order chi connectivity index (χ1) is 10.0. The van der Waals surface area contributed by atoms with Crippen LogP contribution in [0.4, 0.5) is 5.69 Å². The molecule has 0 aliphatic heterocycles. The highest BCUT2D eigenvalue weighted by atomic mass is 35.5. The lowest BCUT2D eigenvalue weighted by molar-refractivity contribution is -0.254. The number of esters is 1. The van der Waals surface area contributed by atoms with Crippen LogP contribution in [0.3, 0.4) is 0 Å². The second-order valence-electron chi connectivity index (χ2n) is 4.21. The van der Waals surface area contributed by atoms with Crippen molar-refractivity contribution in [2.24, 2.45) is 0 Å². The average Bonchev–Trinajstić information content (AvgIpc) is 2.52. The minimum absolute atomic E-state index is 0.326. The molecule has 0 saturated carbocycles. The Morgan fingerprint density at radius 2 is 2.05 bits per heavy atom. The third kappa shape index (κ3) is 6.25. The Morgan fingerprint density at radius 3 is 2.48 bits per heavy atom. The second-order valence-corrected chi connectivity index (χ2v) is 4.62. The lowest BCUT2D eigenvalue weighted by Gasteiger charge is -2.12. The van der Waals surface area contributed by atoms with Gasteiger partial charge in [0.25, 0.3) is 0 Å². The smallest absolute Gasteiger partial charge is 0.330 e. The van der Waals surface area contributed by atoms with E-state index in [0.29, 0.717) is 5.02 Å². The molecule has 0 spiro atoms. The Hall–Kier alpha value is -2.10. The van der Waals surface area contributed by atoms with E-state index in [4.69, 9.17) is 16.3 Å². The molecule has 3 N–H and O–H groups in total. The number of rotatable bonds is 3. The Kier molecular flexibility index (Phi) is 7.23. The van der Waals surface area contributed by atoms with Crippen molar-refractivity contribution >= 4 is 23.3 Å². The number of hydrogen-bond donors (Lipinski definition) is 1. The van der Waals surface area contributed by atoms with Crippen molar-refractivity contribution in [3.05, 3.63) is 77.8 Å². The van der Waals surface area contributed by atoms with Gasteiger partial charge in [0.2, 0.25) is 0 Å². The summed E-state index contributed by atoms with van der Waals surface area (Å²) < 4.78 is 5.05. The SMILES string of the molecule is C=CC(=O)OC(C)c1ccc(Cl)c([NH3+])c1.[c-]1ccccc1. The second kappa shape index (κ2) is 8.95. The van der Waals surface area contributed by atoms with Gasteiger partial charge in [0.15, 0.2) is 0 Å². The van der Waals surface area contributed by atoms with Crippen LogP contribution in [0.25, 0.3) is 0 Å². The summed E-state index contributed by atoms with van der Waals surface area (Å²) in [5, 5.41) is 0.598. The van der Waals surface area contributed by atoms with E-state index in [-0.39, 0.29) is 6.10 Å². The summed E-state index contributed by atoms with van der Waals surface area (Å²) in [4.78, 5) is 11.0. The van der Waals surface area contributed by atoms with E-state index >= 15 is 0 Å². The molecule has 0 amide bonds. The van der Waals surface area contributed by atoms with Crippen LogP contribution in [0.5, 0.6) is 0 Å². The predicted octanol–water partition coefficient (Wildman–Crippen LogP) is 3.49. The van der Waals surface area contributed by atoms with Crippen LogP contribution < -0.4 is 5.73 Å². The topological polar surface area (TPSA) is 53.9 Å². The van der Waals surface area contributed by atoms with E-state index in [1.54, 1.807) is 25.1 Å². The van der Waals surface area contributed by atoms with Crippen molar-refractivity contribution in [2.45, 2.75) is 13.0 Å². The van der Waals surface area contributed by atoms with Gasteiger partial charge in [-0.25, -0.2) is 4.79 Å². The third-order valence-corrected chi connectivity index (χ3v) is 2.97. The van der Waals surface area contributed by atoms with E-state index in [9.17, 15) is 4.79 Å². The number of carbonyl (C=O) groups is 1. The maximum Gasteiger partial charge on any atom is 0.330 e. The van der Waals surface area contributed by atoms with Crippen molar-refractivity contribution < 1.29 is 15.3 Å². The van der Waals surface area contributed by atoms with Gasteiger partial charge in [-0.05, 0) is 18.6 Å². The zero-order valence-corrected chi connectivity index (χ0v) is 12.6. The first-order valence-electron chi connectivity index (χ1n) is 6.40. The van der Waals surface area contributed by atoms with Crippen molar-refractivity contribution in [3.63, 3.8) is 0 Å². The van der Waals surface area contributed by atoms with E-state index in [1.807, 2.05) is 30.3 Å². The third-order valence-electron chi connectivity index (χ3n) is 2.61. The Morgan fingerprint density at radius 1 is 1.38 bits per heavy atom. The van der Waals surface area contributed by atoms with Gasteiger partial charge in [0.05, 0.1) is 0 Å². The summed E-state index contributed by atoms with van der Waals surface area (Å²) >= 11 is 5.83. The fraction of sp³-hybridized carbons (Fsp3) is 0.118. The molecular formula is C17H18ClNO2. The Labute approximate surface area is 130 Å². The quantitative estimate of drug-likeness (QED) is 0.536. The maximum atomic E-state index is 11.0. The number of carbonyl (C=O) groups excluding carboxylic acids is 1. The molecule has 0 bridgehead atoms. The Bertz CT molecular complexity index is 558. The van der Waals surface area contributed by atoms with Crippen LogP contribution in [-0.2, 0) is 9.53 Å². The van der Waals surface area contributed by atoms with Gasteiger partial charge < -0.3 is 10.5 Å². The molecule has 0 heterocycles. The molecule has 1 atom stereocenters. The number of hydrogen-bond acceptors (Lipinski definition) is 2. The van der Waals surface area contributed by atoms with Crippen molar-refractivity contribution in [3.8, 4) is 0 Å². The van der Waals surface area contributed by atoms with Crippen LogP contribution in [0.15, 0.2) is 61.2 Å². The van der Waals surface area contributed by atoms with Gasteiger partial charge in [-0.1, -0.05) is 24.2 Å². The van der Waals surface area contributed by atoms with Crippen molar-refractivity contribution in [1.82, 2.24) is 0 Å². The molecule has 0 aliphatic rings. The monoisotopic (exact) mass is 303 g/mol. The van der Waals surface area contributed by atoms with Gasteiger partial charge in [-0.2, -0.15) is 36.4 Å². The molecule has 0 fully saturated rings. The molecule has 0 saturated heterocycles. The molecule has 4 heteroatoms. The summed E-state index contributed by atoms with van der Waals surface area (Å²) in [7, 11) is 0.